The average Bonchev–Trinajstić information content (AvgIpc) is 3.08. The molecule has 0 bridgehead atoms. The standard InChI is InChI=1S/C18H26N4O/c1-14-7-8-17(20-19-14)21(2)16-9-11-22(12-10-16)18(23)13-15-5-3-4-6-15/h3,5,7-8,15-16H,4,6,9-13H2,1-2H3. The quantitative estimate of drug-likeness (QED) is 0.802. The number of rotatable bonds is 4. The van der Waals surface area contributed by atoms with Crippen molar-refractivity contribution < 1.29 is 4.79 Å². The van der Waals surface area contributed by atoms with Gasteiger partial charge in [0.25, 0.3) is 0 Å². The summed E-state index contributed by atoms with van der Waals surface area (Å²) in [6.45, 7) is 3.65. The Morgan fingerprint density at radius 2 is 2.04 bits per heavy atom. The molecule has 2 heterocycles. The summed E-state index contributed by atoms with van der Waals surface area (Å²) in [6, 6.07) is 4.45. The van der Waals surface area contributed by atoms with Gasteiger partial charge >= 0.3 is 0 Å². The molecule has 1 aliphatic carbocycles. The molecule has 1 saturated heterocycles. The van der Waals surface area contributed by atoms with Crippen LogP contribution in [0.3, 0.4) is 0 Å². The predicted molar refractivity (Wildman–Crippen MR) is 91.3 cm³/mol. The number of carbonyl (C=O) groups excluding carboxylic acids is 1. The maximum absolute atomic E-state index is 12.4. The Kier molecular flexibility index (Phi) is 4.94. The molecule has 23 heavy (non-hydrogen) atoms. The first-order chi connectivity index (χ1) is 11.1. The van der Waals surface area contributed by atoms with E-state index in [0.29, 0.717) is 24.3 Å². The summed E-state index contributed by atoms with van der Waals surface area (Å²) >= 11 is 0. The first kappa shape index (κ1) is 16.0. The fraction of sp³-hybridized carbons (Fsp3) is 0.611. The Hall–Kier alpha value is -1.91. The van der Waals surface area contributed by atoms with Gasteiger partial charge in [0.05, 0.1) is 5.69 Å². The van der Waals surface area contributed by atoms with Gasteiger partial charge in [-0.05, 0) is 50.7 Å². The molecule has 0 radical (unpaired) electrons. The highest BCUT2D eigenvalue weighted by molar-refractivity contribution is 5.76. The molecule has 0 spiro atoms. The normalized spacial score (nSPS) is 21.7. The van der Waals surface area contributed by atoms with Crippen molar-refractivity contribution >= 4 is 11.7 Å². The Labute approximate surface area is 138 Å². The zero-order valence-electron chi connectivity index (χ0n) is 14.1. The maximum Gasteiger partial charge on any atom is 0.223 e. The van der Waals surface area contributed by atoms with Crippen LogP contribution >= 0.6 is 0 Å². The molecule has 1 fully saturated rings. The third-order valence-electron chi connectivity index (χ3n) is 5.06. The first-order valence-corrected chi connectivity index (χ1v) is 8.61. The van der Waals surface area contributed by atoms with Crippen LogP contribution in [-0.4, -0.2) is 47.2 Å². The Morgan fingerprint density at radius 1 is 1.26 bits per heavy atom. The number of piperidine rings is 1. The predicted octanol–water partition coefficient (Wildman–Crippen LogP) is 2.57. The van der Waals surface area contributed by atoms with Crippen molar-refractivity contribution in [1.29, 1.82) is 0 Å². The van der Waals surface area contributed by atoms with E-state index in [-0.39, 0.29) is 0 Å². The molecule has 3 rings (SSSR count). The largest absolute Gasteiger partial charge is 0.355 e. The second kappa shape index (κ2) is 7.11. The summed E-state index contributed by atoms with van der Waals surface area (Å²) < 4.78 is 0. The average molecular weight is 314 g/mol. The fourth-order valence-electron chi connectivity index (χ4n) is 3.49. The van der Waals surface area contributed by atoms with E-state index in [4.69, 9.17) is 0 Å². The molecule has 1 aliphatic heterocycles. The van der Waals surface area contributed by atoms with Crippen LogP contribution in [0.4, 0.5) is 5.82 Å². The minimum absolute atomic E-state index is 0.317. The summed E-state index contributed by atoms with van der Waals surface area (Å²) in [5.74, 6) is 1.69. The van der Waals surface area contributed by atoms with Gasteiger partial charge in [-0.1, -0.05) is 12.2 Å². The lowest BCUT2D eigenvalue weighted by Gasteiger charge is -2.37. The van der Waals surface area contributed by atoms with Gasteiger partial charge in [0.15, 0.2) is 5.82 Å². The molecular weight excluding hydrogens is 288 g/mol. The van der Waals surface area contributed by atoms with Gasteiger partial charge in [-0.25, -0.2) is 0 Å². The topological polar surface area (TPSA) is 49.3 Å². The van der Waals surface area contributed by atoms with Gasteiger partial charge in [0, 0.05) is 32.6 Å². The van der Waals surface area contributed by atoms with Crippen molar-refractivity contribution in [3.8, 4) is 0 Å². The fourth-order valence-corrected chi connectivity index (χ4v) is 3.49. The number of hydrogen-bond acceptors (Lipinski definition) is 4. The SMILES string of the molecule is Cc1ccc(N(C)C2CCN(C(=O)CC3C=CCC3)CC2)nn1. The van der Waals surface area contributed by atoms with Crippen LogP contribution in [0.2, 0.25) is 0 Å². The zero-order chi connectivity index (χ0) is 16.2. The number of aromatic nitrogens is 2. The third-order valence-corrected chi connectivity index (χ3v) is 5.06. The molecule has 1 aromatic rings. The van der Waals surface area contributed by atoms with Gasteiger partial charge in [0.1, 0.15) is 0 Å². The second-order valence-electron chi connectivity index (χ2n) is 6.73. The van der Waals surface area contributed by atoms with Gasteiger partial charge in [-0.2, -0.15) is 5.10 Å². The monoisotopic (exact) mass is 314 g/mol. The van der Waals surface area contributed by atoms with Crippen LogP contribution in [0.25, 0.3) is 0 Å². The molecule has 124 valence electrons. The number of anilines is 1. The van der Waals surface area contributed by atoms with Crippen molar-refractivity contribution in [2.24, 2.45) is 5.92 Å². The number of aryl methyl sites for hydroxylation is 1. The molecule has 0 saturated carbocycles. The Bertz CT molecular complexity index is 561. The Balaban J connectivity index is 1.50. The van der Waals surface area contributed by atoms with Crippen molar-refractivity contribution in [3.05, 3.63) is 30.0 Å². The van der Waals surface area contributed by atoms with Gasteiger partial charge in [-0.15, -0.1) is 5.10 Å². The minimum atomic E-state index is 0.317. The van der Waals surface area contributed by atoms with E-state index >= 15 is 0 Å². The van der Waals surface area contributed by atoms with E-state index in [2.05, 4.69) is 34.3 Å². The lowest BCUT2D eigenvalue weighted by molar-refractivity contribution is -0.132. The summed E-state index contributed by atoms with van der Waals surface area (Å²) in [7, 11) is 2.07. The summed E-state index contributed by atoms with van der Waals surface area (Å²) in [5.41, 5.74) is 0.934. The maximum atomic E-state index is 12.4. The lowest BCUT2D eigenvalue weighted by Crippen LogP contribution is -2.46. The second-order valence-corrected chi connectivity index (χ2v) is 6.73. The molecule has 5 nitrogen and oxygen atoms in total. The number of allylic oxidation sites excluding steroid dienone is 2. The van der Waals surface area contributed by atoms with E-state index < -0.39 is 0 Å². The molecule has 1 aromatic heterocycles. The van der Waals surface area contributed by atoms with Crippen molar-refractivity contribution in [1.82, 2.24) is 15.1 Å². The van der Waals surface area contributed by atoms with E-state index in [1.54, 1.807) is 0 Å². The van der Waals surface area contributed by atoms with Gasteiger partial charge in [0.2, 0.25) is 5.91 Å². The third kappa shape index (κ3) is 3.89. The molecule has 0 N–H and O–H groups in total. The van der Waals surface area contributed by atoms with Crippen LogP contribution < -0.4 is 4.90 Å². The number of carbonyl (C=O) groups is 1. The molecule has 2 aliphatic rings. The molecule has 5 heteroatoms. The lowest BCUT2D eigenvalue weighted by atomic mass is 10.0. The molecule has 1 amide bonds. The highest BCUT2D eigenvalue weighted by Gasteiger charge is 2.27. The van der Waals surface area contributed by atoms with Crippen molar-refractivity contribution in [3.63, 3.8) is 0 Å². The van der Waals surface area contributed by atoms with E-state index in [0.717, 1.165) is 50.3 Å². The zero-order valence-corrected chi connectivity index (χ0v) is 14.1. The van der Waals surface area contributed by atoms with Crippen LogP contribution in [0.5, 0.6) is 0 Å². The summed E-state index contributed by atoms with van der Waals surface area (Å²) in [4.78, 5) is 16.6. The van der Waals surface area contributed by atoms with Crippen molar-refractivity contribution in [2.45, 2.75) is 45.1 Å². The Morgan fingerprint density at radius 3 is 2.65 bits per heavy atom. The highest BCUT2D eigenvalue weighted by atomic mass is 16.2. The first-order valence-electron chi connectivity index (χ1n) is 8.61. The summed E-state index contributed by atoms with van der Waals surface area (Å²) in [5, 5.41) is 8.40. The van der Waals surface area contributed by atoms with E-state index in [1.165, 1.54) is 0 Å². The van der Waals surface area contributed by atoms with Crippen LogP contribution in [0.15, 0.2) is 24.3 Å². The number of likely N-dealkylation sites (tertiary alicyclic amines) is 1. The molecule has 1 atom stereocenters. The minimum Gasteiger partial charge on any atom is -0.355 e. The summed E-state index contributed by atoms with van der Waals surface area (Å²) in [6.07, 6.45) is 9.34. The smallest absolute Gasteiger partial charge is 0.223 e. The number of nitrogens with zero attached hydrogens (tertiary/aromatic N) is 4. The van der Waals surface area contributed by atoms with Crippen molar-refractivity contribution in [2.75, 3.05) is 25.0 Å². The number of amides is 1. The van der Waals surface area contributed by atoms with Crippen LogP contribution in [0.1, 0.15) is 37.8 Å². The van der Waals surface area contributed by atoms with Crippen LogP contribution in [0, 0.1) is 12.8 Å². The molecule has 1 unspecified atom stereocenters. The molecule has 0 aromatic carbocycles. The van der Waals surface area contributed by atoms with Gasteiger partial charge in [-0.3, -0.25) is 4.79 Å². The van der Waals surface area contributed by atoms with E-state index in [1.807, 2.05) is 24.0 Å². The van der Waals surface area contributed by atoms with Crippen LogP contribution in [-0.2, 0) is 4.79 Å². The number of hydrogen-bond donors (Lipinski definition) is 0. The molecular formula is C18H26N4O. The van der Waals surface area contributed by atoms with E-state index in [9.17, 15) is 4.79 Å². The van der Waals surface area contributed by atoms with Gasteiger partial charge < -0.3 is 9.80 Å². The highest BCUT2D eigenvalue weighted by Crippen LogP contribution is 2.24.